The van der Waals surface area contributed by atoms with Gasteiger partial charge >= 0.3 is 11.9 Å². The summed E-state index contributed by atoms with van der Waals surface area (Å²) in [6, 6.07) is 8.42. The van der Waals surface area contributed by atoms with Crippen LogP contribution in [0.25, 0.3) is 0 Å². The predicted octanol–water partition coefficient (Wildman–Crippen LogP) is 4.14. The number of rotatable bonds is 5. The van der Waals surface area contributed by atoms with Crippen LogP contribution in [-0.4, -0.2) is 46.7 Å². The number of carbonyl (C=O) groups excluding carboxylic acids is 2. The molecule has 5 atom stereocenters. The van der Waals surface area contributed by atoms with Crippen molar-refractivity contribution in [2.24, 2.45) is 11.8 Å². The largest absolute Gasteiger partial charge is 0.463 e. The van der Waals surface area contributed by atoms with Crippen molar-refractivity contribution < 1.29 is 28.5 Å². The van der Waals surface area contributed by atoms with Crippen molar-refractivity contribution in [3.63, 3.8) is 0 Å². The summed E-state index contributed by atoms with van der Waals surface area (Å²) >= 11 is 17.1. The third kappa shape index (κ3) is 6.47. The summed E-state index contributed by atoms with van der Waals surface area (Å²) in [5.41, 5.74) is 0.351. The van der Waals surface area contributed by atoms with Crippen molar-refractivity contribution in [1.29, 1.82) is 5.41 Å². The number of carbonyl (C=O) groups is 2. The Morgan fingerprint density at radius 2 is 1.72 bits per heavy atom. The molecular weight excluding hydrogens is 445 g/mol. The zero-order valence-electron chi connectivity index (χ0n) is 16.1. The molecule has 0 aliphatic carbocycles. The van der Waals surface area contributed by atoms with Crippen LogP contribution < -0.4 is 0 Å². The van der Waals surface area contributed by atoms with E-state index in [4.69, 9.17) is 59.2 Å². The van der Waals surface area contributed by atoms with Crippen molar-refractivity contribution in [3.8, 4) is 0 Å². The first-order chi connectivity index (χ1) is 13.5. The van der Waals surface area contributed by atoms with Crippen molar-refractivity contribution in [2.45, 2.75) is 43.1 Å². The summed E-state index contributed by atoms with van der Waals surface area (Å²) in [5.74, 6) is -2.15. The van der Waals surface area contributed by atoms with Gasteiger partial charge in [-0.1, -0.05) is 66.8 Å². The number of hydrogen-bond donors (Lipinski definition) is 1. The highest BCUT2D eigenvalue weighted by atomic mass is 35.6. The number of ether oxygens (including phenoxy) is 4. The van der Waals surface area contributed by atoms with Gasteiger partial charge in [-0.05, 0) is 18.1 Å². The molecule has 0 spiro atoms. The second-order valence-electron chi connectivity index (χ2n) is 6.74. The number of benzene rings is 1. The highest BCUT2D eigenvalue weighted by Gasteiger charge is 2.47. The number of hydrogen-bond acceptors (Lipinski definition) is 7. The first-order valence-electron chi connectivity index (χ1n) is 8.88. The minimum absolute atomic E-state index is 0.0266. The van der Waals surface area contributed by atoms with Gasteiger partial charge in [0.2, 0.25) is 12.2 Å². The van der Waals surface area contributed by atoms with E-state index in [1.165, 1.54) is 6.92 Å². The lowest BCUT2D eigenvalue weighted by Crippen LogP contribution is -2.54. The van der Waals surface area contributed by atoms with E-state index >= 15 is 0 Å². The molecular formula is C19H22Cl3NO6. The Balaban J connectivity index is 2.23. The lowest BCUT2D eigenvalue weighted by atomic mass is 9.83. The van der Waals surface area contributed by atoms with Crippen molar-refractivity contribution in [2.75, 3.05) is 6.61 Å². The summed E-state index contributed by atoms with van der Waals surface area (Å²) < 4.78 is 19.8. The Hall–Kier alpha value is -1.54. The fourth-order valence-electron chi connectivity index (χ4n) is 2.86. The fourth-order valence-corrected chi connectivity index (χ4v) is 2.99. The molecule has 1 aromatic rings. The van der Waals surface area contributed by atoms with Crippen molar-refractivity contribution in [1.82, 2.24) is 0 Å². The van der Waals surface area contributed by atoms with E-state index < -0.39 is 40.1 Å². The summed E-state index contributed by atoms with van der Waals surface area (Å²) in [5, 5.41) is 7.84. The topological polar surface area (TPSA) is 94.9 Å². The summed E-state index contributed by atoms with van der Waals surface area (Å²) in [4.78, 5) is 23.7. The molecule has 1 N–H and O–H groups in total. The average Bonchev–Trinajstić information content (AvgIpc) is 2.66. The van der Waals surface area contributed by atoms with Gasteiger partial charge < -0.3 is 18.9 Å². The molecule has 0 bridgehead atoms. The number of nitrogens with one attached hydrogen (secondary N) is 1. The molecule has 0 saturated carbocycles. The number of alkyl halides is 3. The number of halogens is 3. The second kappa shape index (κ2) is 9.98. The van der Waals surface area contributed by atoms with Gasteiger partial charge in [-0.25, -0.2) is 4.79 Å². The molecule has 1 heterocycles. The third-order valence-electron chi connectivity index (χ3n) is 4.71. The molecule has 1 aliphatic rings. The van der Waals surface area contributed by atoms with Crippen molar-refractivity contribution in [3.05, 3.63) is 35.9 Å². The fraction of sp³-hybridized carbons (Fsp3) is 0.526. The van der Waals surface area contributed by atoms with E-state index in [1.807, 2.05) is 13.8 Å². The van der Waals surface area contributed by atoms with E-state index in [0.717, 1.165) is 0 Å². The molecule has 29 heavy (non-hydrogen) atoms. The Bertz CT molecular complexity index is 739. The molecule has 1 aliphatic heterocycles. The van der Waals surface area contributed by atoms with E-state index in [1.54, 1.807) is 30.3 Å². The Morgan fingerprint density at radius 1 is 1.10 bits per heavy atom. The van der Waals surface area contributed by atoms with Crippen LogP contribution in [0.15, 0.2) is 30.3 Å². The zero-order chi connectivity index (χ0) is 21.8. The van der Waals surface area contributed by atoms with Gasteiger partial charge in [0.15, 0.2) is 6.10 Å². The molecule has 2 rings (SSSR count). The van der Waals surface area contributed by atoms with Gasteiger partial charge in [-0.2, -0.15) is 0 Å². The van der Waals surface area contributed by atoms with Crippen LogP contribution in [0.1, 0.15) is 31.1 Å². The first-order valence-corrected chi connectivity index (χ1v) is 10.0. The SMILES string of the molecule is CC(=O)OCC1O[C@H](OC(=N)C(Cl)(Cl)Cl)C(OC(=O)c2ccccc2)[C@@H](C)[C@@H]1C. The molecule has 160 valence electrons. The molecule has 0 radical (unpaired) electrons. The van der Waals surface area contributed by atoms with Gasteiger partial charge in [0.25, 0.3) is 3.79 Å². The van der Waals surface area contributed by atoms with Crippen LogP contribution in [0.3, 0.4) is 0 Å². The molecule has 1 aromatic carbocycles. The molecule has 1 saturated heterocycles. The lowest BCUT2D eigenvalue weighted by Gasteiger charge is -2.43. The average molecular weight is 467 g/mol. The zero-order valence-corrected chi connectivity index (χ0v) is 18.3. The van der Waals surface area contributed by atoms with Crippen LogP contribution in [0.2, 0.25) is 0 Å². The minimum atomic E-state index is -2.12. The maximum absolute atomic E-state index is 12.6. The van der Waals surface area contributed by atoms with Gasteiger partial charge in [0, 0.05) is 12.8 Å². The van der Waals surface area contributed by atoms with E-state index in [2.05, 4.69) is 0 Å². The third-order valence-corrected chi connectivity index (χ3v) is 5.22. The van der Waals surface area contributed by atoms with Crippen LogP contribution in [0.4, 0.5) is 0 Å². The van der Waals surface area contributed by atoms with Crippen molar-refractivity contribution >= 4 is 52.6 Å². The summed E-state index contributed by atoms with van der Waals surface area (Å²) in [6.07, 6.45) is -2.68. The predicted molar refractivity (Wildman–Crippen MR) is 108 cm³/mol. The lowest BCUT2D eigenvalue weighted by molar-refractivity contribution is -0.251. The standard InChI is InChI=1S/C19H22Cl3NO6/c1-10-11(2)15(28-16(25)13-7-5-4-6-8-13)17(29-18(23)19(20,21)22)27-14(10)9-26-12(3)24/h4-8,10-11,14-15,17,23H,9H2,1-3H3/t10-,11-,14?,15?,17+/m0/s1. The Morgan fingerprint density at radius 3 is 2.28 bits per heavy atom. The Labute approximate surface area is 184 Å². The molecule has 0 aromatic heterocycles. The first kappa shape index (κ1) is 23.7. The maximum atomic E-state index is 12.6. The summed E-state index contributed by atoms with van der Waals surface area (Å²) in [6.45, 7) is 4.97. The molecule has 1 fully saturated rings. The van der Waals surface area contributed by atoms with Crippen LogP contribution >= 0.6 is 34.8 Å². The van der Waals surface area contributed by atoms with E-state index in [-0.39, 0.29) is 18.4 Å². The van der Waals surface area contributed by atoms with Crippen LogP contribution in [-0.2, 0) is 23.7 Å². The Kier molecular flexibility index (Phi) is 8.17. The molecule has 2 unspecified atom stereocenters. The second-order valence-corrected chi connectivity index (χ2v) is 9.03. The highest BCUT2D eigenvalue weighted by Crippen LogP contribution is 2.36. The normalized spacial score (nSPS) is 27.0. The van der Waals surface area contributed by atoms with Crippen LogP contribution in [0, 0.1) is 17.2 Å². The van der Waals surface area contributed by atoms with Gasteiger partial charge in [-0.3, -0.25) is 10.2 Å². The monoisotopic (exact) mass is 465 g/mol. The number of esters is 2. The quantitative estimate of drug-likeness (QED) is 0.303. The molecule has 7 nitrogen and oxygen atoms in total. The van der Waals surface area contributed by atoms with Gasteiger partial charge in [0.05, 0.1) is 11.7 Å². The van der Waals surface area contributed by atoms with Gasteiger partial charge in [0.1, 0.15) is 6.61 Å². The molecule has 0 amide bonds. The van der Waals surface area contributed by atoms with E-state index in [0.29, 0.717) is 5.56 Å². The highest BCUT2D eigenvalue weighted by molar-refractivity contribution is 6.76. The minimum Gasteiger partial charge on any atom is -0.463 e. The summed E-state index contributed by atoms with van der Waals surface area (Å²) in [7, 11) is 0. The smallest absolute Gasteiger partial charge is 0.338 e. The maximum Gasteiger partial charge on any atom is 0.338 e. The van der Waals surface area contributed by atoms with Gasteiger partial charge in [-0.15, -0.1) is 0 Å². The molecule has 10 heteroatoms. The van der Waals surface area contributed by atoms with Crippen LogP contribution in [0.5, 0.6) is 0 Å². The van der Waals surface area contributed by atoms with E-state index in [9.17, 15) is 9.59 Å².